The Kier molecular flexibility index (Phi) is 0.945. The third-order valence-corrected chi connectivity index (χ3v) is 2.23. The summed E-state index contributed by atoms with van der Waals surface area (Å²) in [5.74, 6) is 0.512. The summed E-state index contributed by atoms with van der Waals surface area (Å²) < 4.78 is 0. The van der Waals surface area contributed by atoms with Gasteiger partial charge in [0.25, 0.3) is 0 Å². The summed E-state index contributed by atoms with van der Waals surface area (Å²) in [6, 6.07) is 0. The maximum atomic E-state index is 5.61. The average molecular weight is 94.0 g/mol. The van der Waals surface area contributed by atoms with Crippen LogP contribution in [-0.2, 0) is 0 Å². The molecule has 7 heavy (non-hydrogen) atoms. The topological polar surface area (TPSA) is 0 Å². The largest absolute Gasteiger partial charge is 0.0716 e. The van der Waals surface area contributed by atoms with E-state index in [0.29, 0.717) is 11.2 Å². The van der Waals surface area contributed by atoms with Crippen molar-refractivity contribution < 1.29 is 0 Å². The first-order valence-electron chi connectivity index (χ1n) is 2.94. The lowest BCUT2D eigenvalue weighted by Gasteiger charge is -2.01. The molecule has 0 heterocycles. The molecule has 2 unspecified atom stereocenters. The van der Waals surface area contributed by atoms with Crippen molar-refractivity contribution in [2.45, 2.75) is 32.5 Å². The molecular formula is C6H11B. The van der Waals surface area contributed by atoms with Crippen molar-refractivity contribution in [1.29, 1.82) is 0 Å². The fraction of sp³-hybridized carbons (Fsp3) is 1.00. The molecule has 38 valence electrons. The second-order valence-corrected chi connectivity index (χ2v) is 2.82. The van der Waals surface area contributed by atoms with Gasteiger partial charge in [-0.15, -0.1) is 0 Å². The summed E-state index contributed by atoms with van der Waals surface area (Å²) in [5, 5.41) is 0. The van der Waals surface area contributed by atoms with Gasteiger partial charge in [0.05, 0.1) is 7.85 Å². The Hall–Kier alpha value is 0.0649. The van der Waals surface area contributed by atoms with E-state index in [1.54, 1.807) is 0 Å². The van der Waals surface area contributed by atoms with Gasteiger partial charge < -0.3 is 0 Å². The van der Waals surface area contributed by atoms with Crippen LogP contribution in [0.25, 0.3) is 0 Å². The van der Waals surface area contributed by atoms with E-state index >= 15 is 0 Å². The lowest BCUT2D eigenvalue weighted by atomic mass is 9.91. The van der Waals surface area contributed by atoms with E-state index in [-0.39, 0.29) is 0 Å². The molecule has 0 amide bonds. The van der Waals surface area contributed by atoms with E-state index in [0.717, 1.165) is 0 Å². The van der Waals surface area contributed by atoms with Crippen LogP contribution in [0, 0.1) is 5.41 Å². The van der Waals surface area contributed by atoms with E-state index in [1.165, 1.54) is 12.8 Å². The Morgan fingerprint density at radius 1 is 1.86 bits per heavy atom. The molecule has 1 saturated carbocycles. The van der Waals surface area contributed by atoms with Crippen LogP contribution in [0.5, 0.6) is 0 Å². The Labute approximate surface area is 46.7 Å². The van der Waals surface area contributed by atoms with Gasteiger partial charge in [0.1, 0.15) is 0 Å². The second kappa shape index (κ2) is 1.27. The highest BCUT2D eigenvalue weighted by molar-refractivity contribution is 6.14. The minimum absolute atomic E-state index is 0.512. The highest BCUT2D eigenvalue weighted by Crippen LogP contribution is 2.57. The van der Waals surface area contributed by atoms with Crippen molar-refractivity contribution >= 4 is 7.85 Å². The molecule has 2 atom stereocenters. The summed E-state index contributed by atoms with van der Waals surface area (Å²) in [6.07, 6.45) is 2.48. The first kappa shape index (κ1) is 5.21. The van der Waals surface area contributed by atoms with Gasteiger partial charge in [0, 0.05) is 0 Å². The standard InChI is InChI=1S/C6H11B/c1-3-6(2)4-5(6)7/h5H,3-4H2,1-2H3. The Morgan fingerprint density at radius 2 is 2.29 bits per heavy atom. The van der Waals surface area contributed by atoms with Crippen LogP contribution in [-0.4, -0.2) is 7.85 Å². The Balaban J connectivity index is 2.36. The van der Waals surface area contributed by atoms with Crippen LogP contribution in [0.1, 0.15) is 26.7 Å². The van der Waals surface area contributed by atoms with Gasteiger partial charge >= 0.3 is 0 Å². The van der Waals surface area contributed by atoms with Gasteiger partial charge in [-0.25, -0.2) is 0 Å². The maximum absolute atomic E-state index is 5.61. The molecule has 0 aromatic heterocycles. The third-order valence-electron chi connectivity index (χ3n) is 2.23. The fourth-order valence-corrected chi connectivity index (χ4v) is 0.850. The molecule has 0 saturated heterocycles. The zero-order valence-electron chi connectivity index (χ0n) is 5.07. The molecule has 1 fully saturated rings. The quantitative estimate of drug-likeness (QED) is 0.434. The van der Waals surface area contributed by atoms with Crippen LogP contribution in [0.4, 0.5) is 0 Å². The SMILES string of the molecule is [B]C1CC1(C)CC. The molecule has 0 aromatic carbocycles. The molecule has 0 aliphatic heterocycles. The first-order chi connectivity index (χ1) is 3.19. The summed E-state index contributed by atoms with van der Waals surface area (Å²) in [7, 11) is 5.61. The Morgan fingerprint density at radius 3 is 2.29 bits per heavy atom. The van der Waals surface area contributed by atoms with Crippen molar-refractivity contribution in [3.8, 4) is 0 Å². The predicted molar refractivity (Wildman–Crippen MR) is 32.5 cm³/mol. The minimum Gasteiger partial charge on any atom is -0.0716 e. The van der Waals surface area contributed by atoms with Gasteiger partial charge in [-0.1, -0.05) is 32.5 Å². The first-order valence-corrected chi connectivity index (χ1v) is 2.94. The van der Waals surface area contributed by atoms with E-state index < -0.39 is 0 Å². The van der Waals surface area contributed by atoms with Gasteiger partial charge in [-0.3, -0.25) is 0 Å². The Bertz CT molecular complexity index is 76.2. The molecule has 2 radical (unpaired) electrons. The zero-order chi connectivity index (χ0) is 5.49. The molecule has 0 nitrogen and oxygen atoms in total. The van der Waals surface area contributed by atoms with E-state index in [2.05, 4.69) is 13.8 Å². The summed E-state index contributed by atoms with van der Waals surface area (Å²) in [6.45, 7) is 4.45. The maximum Gasteiger partial charge on any atom is 0.0707 e. The molecule has 1 rings (SSSR count). The van der Waals surface area contributed by atoms with Crippen molar-refractivity contribution in [1.82, 2.24) is 0 Å². The van der Waals surface area contributed by atoms with Crippen LogP contribution >= 0.6 is 0 Å². The highest BCUT2D eigenvalue weighted by atomic mass is 14.5. The van der Waals surface area contributed by atoms with Crippen LogP contribution in [0.2, 0.25) is 5.82 Å². The van der Waals surface area contributed by atoms with Gasteiger partial charge in [0.15, 0.2) is 0 Å². The lowest BCUT2D eigenvalue weighted by molar-refractivity contribution is 0.551. The number of rotatable bonds is 1. The predicted octanol–water partition coefficient (Wildman–Crippen LogP) is 1.76. The van der Waals surface area contributed by atoms with E-state index in [4.69, 9.17) is 7.85 Å². The van der Waals surface area contributed by atoms with Crippen molar-refractivity contribution in [3.63, 3.8) is 0 Å². The highest BCUT2D eigenvalue weighted by Gasteiger charge is 2.43. The van der Waals surface area contributed by atoms with Gasteiger partial charge in [-0.2, -0.15) is 0 Å². The molecule has 1 heteroatoms. The summed E-state index contributed by atoms with van der Waals surface area (Å²) >= 11 is 0. The second-order valence-electron chi connectivity index (χ2n) is 2.82. The molecule has 0 spiro atoms. The van der Waals surface area contributed by atoms with Crippen LogP contribution < -0.4 is 0 Å². The average Bonchev–Trinajstić information content (AvgIpc) is 2.18. The summed E-state index contributed by atoms with van der Waals surface area (Å²) in [4.78, 5) is 0. The fourth-order valence-electron chi connectivity index (χ4n) is 0.850. The monoisotopic (exact) mass is 94.1 g/mol. The van der Waals surface area contributed by atoms with Crippen molar-refractivity contribution in [2.75, 3.05) is 0 Å². The number of hydrogen-bond acceptors (Lipinski definition) is 0. The normalized spacial score (nSPS) is 49.1. The number of hydrogen-bond donors (Lipinski definition) is 0. The molecule has 1 aliphatic carbocycles. The van der Waals surface area contributed by atoms with Crippen molar-refractivity contribution in [3.05, 3.63) is 0 Å². The summed E-state index contributed by atoms with van der Waals surface area (Å²) in [5.41, 5.74) is 0.528. The van der Waals surface area contributed by atoms with Crippen molar-refractivity contribution in [2.24, 2.45) is 5.41 Å². The van der Waals surface area contributed by atoms with E-state index in [9.17, 15) is 0 Å². The van der Waals surface area contributed by atoms with Crippen LogP contribution in [0.15, 0.2) is 0 Å². The molecular weight excluding hydrogens is 82.9 g/mol. The smallest absolute Gasteiger partial charge is 0.0707 e. The zero-order valence-corrected chi connectivity index (χ0v) is 5.07. The molecule has 1 aliphatic rings. The van der Waals surface area contributed by atoms with Gasteiger partial charge in [-0.05, 0) is 5.41 Å². The van der Waals surface area contributed by atoms with Crippen LogP contribution in [0.3, 0.4) is 0 Å². The third kappa shape index (κ3) is 0.688. The lowest BCUT2D eigenvalue weighted by Crippen LogP contribution is -1.90. The van der Waals surface area contributed by atoms with Gasteiger partial charge in [0.2, 0.25) is 0 Å². The minimum atomic E-state index is 0.512. The van der Waals surface area contributed by atoms with E-state index in [1.807, 2.05) is 0 Å². The molecule has 0 N–H and O–H groups in total. The molecule has 0 aromatic rings. The molecule has 0 bridgehead atoms.